The Labute approximate surface area is 137 Å². The van der Waals surface area contributed by atoms with E-state index in [0.29, 0.717) is 19.5 Å². The summed E-state index contributed by atoms with van der Waals surface area (Å²) in [4.78, 5) is 27.1. The van der Waals surface area contributed by atoms with Gasteiger partial charge in [0.15, 0.2) is 0 Å². The Balaban J connectivity index is 1.67. The van der Waals surface area contributed by atoms with E-state index in [1.807, 2.05) is 0 Å². The lowest BCUT2D eigenvalue weighted by Crippen LogP contribution is -2.56. The normalized spacial score (nSPS) is 30.5. The SMILES string of the molecule is CN1CC(=O)N2C[C@H](NS(=O)(=O)N3CCCCCC3)C[C@H]2C1=O. The lowest BCUT2D eigenvalue weighted by Gasteiger charge is -2.33. The van der Waals surface area contributed by atoms with Gasteiger partial charge >= 0.3 is 0 Å². The molecule has 0 aromatic carbocycles. The zero-order chi connectivity index (χ0) is 16.6. The van der Waals surface area contributed by atoms with Crippen molar-refractivity contribution in [1.29, 1.82) is 0 Å². The zero-order valence-electron chi connectivity index (χ0n) is 13.4. The molecule has 3 aliphatic rings. The summed E-state index contributed by atoms with van der Waals surface area (Å²) in [6, 6.07) is -0.925. The van der Waals surface area contributed by atoms with Crippen molar-refractivity contribution in [1.82, 2.24) is 18.8 Å². The first-order valence-corrected chi connectivity index (χ1v) is 9.64. The van der Waals surface area contributed by atoms with Gasteiger partial charge in [-0.3, -0.25) is 9.59 Å². The molecule has 3 saturated heterocycles. The van der Waals surface area contributed by atoms with E-state index >= 15 is 0 Å². The summed E-state index contributed by atoms with van der Waals surface area (Å²) in [5.41, 5.74) is 0. The van der Waals surface area contributed by atoms with Gasteiger partial charge in [-0.05, 0) is 19.3 Å². The number of hydrogen-bond donors (Lipinski definition) is 1. The number of piperazine rings is 1. The van der Waals surface area contributed by atoms with Crippen molar-refractivity contribution in [3.63, 3.8) is 0 Å². The predicted molar refractivity (Wildman–Crippen MR) is 83.6 cm³/mol. The average molecular weight is 344 g/mol. The molecule has 3 heterocycles. The fraction of sp³-hybridized carbons (Fsp3) is 0.857. The summed E-state index contributed by atoms with van der Waals surface area (Å²) >= 11 is 0. The third kappa shape index (κ3) is 3.36. The second-order valence-electron chi connectivity index (χ2n) is 6.62. The minimum Gasteiger partial charge on any atom is -0.335 e. The molecule has 0 unspecified atom stereocenters. The first-order valence-electron chi connectivity index (χ1n) is 8.20. The topological polar surface area (TPSA) is 90.0 Å². The Bertz CT molecular complexity index is 586. The van der Waals surface area contributed by atoms with Crippen LogP contribution in [0.15, 0.2) is 0 Å². The van der Waals surface area contributed by atoms with Crippen molar-refractivity contribution in [3.8, 4) is 0 Å². The van der Waals surface area contributed by atoms with Crippen LogP contribution >= 0.6 is 0 Å². The lowest BCUT2D eigenvalue weighted by atomic mass is 10.1. The molecule has 9 heteroatoms. The van der Waals surface area contributed by atoms with Crippen LogP contribution in [0.3, 0.4) is 0 Å². The largest absolute Gasteiger partial charge is 0.335 e. The molecule has 3 fully saturated rings. The van der Waals surface area contributed by atoms with Gasteiger partial charge in [0, 0.05) is 32.7 Å². The predicted octanol–water partition coefficient (Wildman–Crippen LogP) is -0.862. The van der Waals surface area contributed by atoms with E-state index < -0.39 is 22.3 Å². The van der Waals surface area contributed by atoms with Crippen LogP contribution in [0.1, 0.15) is 32.1 Å². The minimum absolute atomic E-state index is 0.0704. The maximum atomic E-state index is 12.5. The minimum atomic E-state index is -3.56. The van der Waals surface area contributed by atoms with Gasteiger partial charge in [0.25, 0.3) is 10.2 Å². The number of amides is 2. The first-order chi connectivity index (χ1) is 10.9. The fourth-order valence-electron chi connectivity index (χ4n) is 3.62. The van der Waals surface area contributed by atoms with Gasteiger partial charge in [0.05, 0.1) is 6.54 Å². The summed E-state index contributed by atoms with van der Waals surface area (Å²) in [7, 11) is -1.96. The second-order valence-corrected chi connectivity index (χ2v) is 8.33. The van der Waals surface area contributed by atoms with Crippen LogP contribution in [0.4, 0.5) is 0 Å². The molecule has 0 radical (unpaired) electrons. The molecular weight excluding hydrogens is 320 g/mol. The third-order valence-corrected chi connectivity index (χ3v) is 6.55. The molecule has 2 amide bonds. The van der Waals surface area contributed by atoms with Gasteiger partial charge in [0.1, 0.15) is 6.04 Å². The summed E-state index contributed by atoms with van der Waals surface area (Å²) < 4.78 is 29.3. The summed E-state index contributed by atoms with van der Waals surface area (Å²) in [5, 5.41) is 0. The van der Waals surface area contributed by atoms with Crippen LogP contribution in [-0.2, 0) is 19.8 Å². The van der Waals surface area contributed by atoms with Crippen LogP contribution in [0, 0.1) is 0 Å². The molecule has 0 saturated carbocycles. The number of nitrogens with one attached hydrogen (secondary N) is 1. The van der Waals surface area contributed by atoms with Gasteiger partial charge in [-0.1, -0.05) is 12.8 Å². The third-order valence-electron chi connectivity index (χ3n) is 4.88. The van der Waals surface area contributed by atoms with Crippen LogP contribution in [0.25, 0.3) is 0 Å². The molecule has 2 atom stereocenters. The summed E-state index contributed by atoms with van der Waals surface area (Å²) in [6.45, 7) is 1.42. The van der Waals surface area contributed by atoms with Gasteiger partial charge in [0.2, 0.25) is 11.8 Å². The summed E-state index contributed by atoms with van der Waals surface area (Å²) in [5.74, 6) is -0.227. The van der Waals surface area contributed by atoms with Crippen molar-refractivity contribution in [2.45, 2.75) is 44.2 Å². The fourth-order valence-corrected chi connectivity index (χ4v) is 5.10. The van der Waals surface area contributed by atoms with E-state index in [9.17, 15) is 18.0 Å². The highest BCUT2D eigenvalue weighted by atomic mass is 32.2. The quantitative estimate of drug-likeness (QED) is 0.721. The lowest BCUT2D eigenvalue weighted by molar-refractivity contribution is -0.152. The molecule has 130 valence electrons. The van der Waals surface area contributed by atoms with Crippen LogP contribution < -0.4 is 4.72 Å². The van der Waals surface area contributed by atoms with E-state index in [1.54, 1.807) is 7.05 Å². The highest BCUT2D eigenvalue weighted by Gasteiger charge is 2.45. The van der Waals surface area contributed by atoms with E-state index in [4.69, 9.17) is 0 Å². The molecule has 23 heavy (non-hydrogen) atoms. The van der Waals surface area contributed by atoms with Crippen molar-refractivity contribution >= 4 is 22.0 Å². The Morgan fingerprint density at radius 2 is 1.74 bits per heavy atom. The number of rotatable bonds is 3. The van der Waals surface area contributed by atoms with E-state index in [1.165, 1.54) is 14.1 Å². The zero-order valence-corrected chi connectivity index (χ0v) is 14.2. The Morgan fingerprint density at radius 3 is 2.39 bits per heavy atom. The standard InChI is InChI=1S/C14H24N4O4S/c1-16-10-13(19)18-9-11(8-12(18)14(16)20)15-23(21,22)17-6-4-2-3-5-7-17/h11-12,15H,2-10H2,1H3/t11-,12+/m1/s1. The number of fused-ring (bicyclic) bond motifs is 1. The molecule has 3 rings (SSSR count). The molecule has 0 bridgehead atoms. The number of hydrogen-bond acceptors (Lipinski definition) is 4. The smallest absolute Gasteiger partial charge is 0.279 e. The molecule has 0 aromatic rings. The monoisotopic (exact) mass is 344 g/mol. The second kappa shape index (κ2) is 6.37. The molecule has 3 aliphatic heterocycles. The molecular formula is C14H24N4O4S. The Morgan fingerprint density at radius 1 is 1.09 bits per heavy atom. The van der Waals surface area contributed by atoms with Crippen molar-refractivity contribution in [2.75, 3.05) is 33.2 Å². The van der Waals surface area contributed by atoms with E-state index in [-0.39, 0.29) is 24.9 Å². The highest BCUT2D eigenvalue weighted by Crippen LogP contribution is 2.24. The Hall–Kier alpha value is -1.19. The highest BCUT2D eigenvalue weighted by molar-refractivity contribution is 7.87. The van der Waals surface area contributed by atoms with Gasteiger partial charge < -0.3 is 9.80 Å². The molecule has 0 spiro atoms. The molecule has 0 aromatic heterocycles. The molecule has 8 nitrogen and oxygen atoms in total. The van der Waals surface area contributed by atoms with E-state index in [0.717, 1.165) is 25.7 Å². The Kier molecular flexibility index (Phi) is 4.61. The van der Waals surface area contributed by atoms with Gasteiger partial charge in [-0.2, -0.15) is 17.4 Å². The average Bonchev–Trinajstić information content (AvgIpc) is 2.72. The van der Waals surface area contributed by atoms with Crippen LogP contribution in [-0.4, -0.2) is 79.6 Å². The number of likely N-dealkylation sites (N-methyl/N-ethyl adjacent to an activating group) is 1. The van der Waals surface area contributed by atoms with Crippen molar-refractivity contribution < 1.29 is 18.0 Å². The maximum Gasteiger partial charge on any atom is 0.279 e. The molecule has 1 N–H and O–H groups in total. The van der Waals surface area contributed by atoms with Crippen LogP contribution in [0.5, 0.6) is 0 Å². The summed E-state index contributed by atoms with van der Waals surface area (Å²) in [6.07, 6.45) is 4.22. The van der Waals surface area contributed by atoms with Crippen LogP contribution in [0.2, 0.25) is 0 Å². The molecule has 0 aliphatic carbocycles. The van der Waals surface area contributed by atoms with Crippen molar-refractivity contribution in [2.24, 2.45) is 0 Å². The first kappa shape index (κ1) is 16.7. The maximum absolute atomic E-state index is 12.5. The number of nitrogens with zero attached hydrogens (tertiary/aromatic N) is 3. The van der Waals surface area contributed by atoms with Crippen molar-refractivity contribution in [3.05, 3.63) is 0 Å². The van der Waals surface area contributed by atoms with Gasteiger partial charge in [-0.15, -0.1) is 0 Å². The van der Waals surface area contributed by atoms with E-state index in [2.05, 4.69) is 4.72 Å². The number of carbonyl (C=O) groups excluding carboxylic acids is 2. The van der Waals surface area contributed by atoms with Gasteiger partial charge in [-0.25, -0.2) is 0 Å². The number of carbonyl (C=O) groups is 2.